The van der Waals surface area contributed by atoms with Crippen molar-refractivity contribution < 1.29 is 24.4 Å². The van der Waals surface area contributed by atoms with E-state index in [1.165, 1.54) is 38.4 Å². The second kappa shape index (κ2) is 8.60. The molecule has 0 amide bonds. The third-order valence-corrected chi connectivity index (χ3v) is 4.83. The number of pyridine rings is 1. The SMILES string of the molecule is [CH2-]CC[n+]1ccc(/C=C/c2ccc3cc(C)ccc3c2)c2ccccc21.[Os+]. The van der Waals surface area contributed by atoms with Gasteiger partial charge in [0.25, 0.3) is 0 Å². The summed E-state index contributed by atoms with van der Waals surface area (Å²) in [6.07, 6.45) is 7.47. The van der Waals surface area contributed by atoms with Gasteiger partial charge in [-0.3, -0.25) is 0 Å². The molecule has 1 heterocycles. The van der Waals surface area contributed by atoms with Crippen molar-refractivity contribution in [2.45, 2.75) is 19.9 Å². The van der Waals surface area contributed by atoms with E-state index in [1.54, 1.807) is 0 Å². The Labute approximate surface area is 174 Å². The van der Waals surface area contributed by atoms with Crippen molar-refractivity contribution in [2.24, 2.45) is 0 Å². The van der Waals surface area contributed by atoms with Crippen LogP contribution in [0.5, 0.6) is 0 Å². The monoisotopic (exact) mass is 529 g/mol. The van der Waals surface area contributed by atoms with Crippen LogP contribution in [0, 0.1) is 13.8 Å². The molecule has 0 aliphatic carbocycles. The van der Waals surface area contributed by atoms with Gasteiger partial charge < -0.3 is 6.92 Å². The van der Waals surface area contributed by atoms with Crippen LogP contribution in [0.2, 0.25) is 0 Å². The Morgan fingerprint density at radius 2 is 1.67 bits per heavy atom. The first-order valence-corrected chi connectivity index (χ1v) is 9.13. The molecule has 1 nitrogen and oxygen atoms in total. The van der Waals surface area contributed by atoms with Crippen molar-refractivity contribution in [1.29, 1.82) is 0 Å². The quantitative estimate of drug-likeness (QED) is 0.227. The van der Waals surface area contributed by atoms with Crippen LogP contribution in [0.4, 0.5) is 0 Å². The first-order chi connectivity index (χ1) is 12.7. The Morgan fingerprint density at radius 1 is 0.889 bits per heavy atom. The first-order valence-electron chi connectivity index (χ1n) is 9.13. The molecule has 135 valence electrons. The number of nitrogens with zero attached hydrogens (tertiary/aromatic N) is 1. The fraction of sp³-hybridized carbons (Fsp3) is 0.120. The van der Waals surface area contributed by atoms with Crippen molar-refractivity contribution in [3.63, 3.8) is 0 Å². The van der Waals surface area contributed by atoms with E-state index in [2.05, 4.69) is 103 Å². The van der Waals surface area contributed by atoms with Gasteiger partial charge >= 0.3 is 19.8 Å². The summed E-state index contributed by atoms with van der Waals surface area (Å²) in [5.41, 5.74) is 5.02. The molecule has 27 heavy (non-hydrogen) atoms. The van der Waals surface area contributed by atoms with Gasteiger partial charge in [0.2, 0.25) is 5.52 Å². The zero-order chi connectivity index (χ0) is 17.9. The summed E-state index contributed by atoms with van der Waals surface area (Å²) in [6, 6.07) is 24.0. The van der Waals surface area contributed by atoms with Gasteiger partial charge in [0.1, 0.15) is 6.54 Å². The molecule has 1 aromatic heterocycles. The predicted molar refractivity (Wildman–Crippen MR) is 112 cm³/mol. The van der Waals surface area contributed by atoms with Gasteiger partial charge in [0.15, 0.2) is 6.20 Å². The molecular formula is C25H23NOs+. The van der Waals surface area contributed by atoms with E-state index >= 15 is 0 Å². The number of aromatic nitrogens is 1. The second-order valence-corrected chi connectivity index (χ2v) is 6.78. The maximum absolute atomic E-state index is 3.98. The Kier molecular flexibility index (Phi) is 6.20. The first kappa shape index (κ1) is 19.5. The van der Waals surface area contributed by atoms with Gasteiger partial charge in [0, 0.05) is 12.1 Å². The van der Waals surface area contributed by atoms with Crippen molar-refractivity contribution >= 4 is 33.8 Å². The molecule has 0 unspecified atom stereocenters. The van der Waals surface area contributed by atoms with Crippen LogP contribution in [0.15, 0.2) is 72.9 Å². The summed E-state index contributed by atoms with van der Waals surface area (Å²) >= 11 is 0. The van der Waals surface area contributed by atoms with Gasteiger partial charge in [-0.15, -0.1) is 6.42 Å². The fourth-order valence-electron chi connectivity index (χ4n) is 3.49. The zero-order valence-electron chi connectivity index (χ0n) is 15.5. The molecule has 4 aromatic rings. The maximum atomic E-state index is 3.98. The molecule has 4 rings (SSSR count). The molecule has 0 aliphatic heterocycles. The molecule has 0 N–H and O–H groups in total. The van der Waals surface area contributed by atoms with Crippen LogP contribution in [-0.4, -0.2) is 0 Å². The fourth-order valence-corrected chi connectivity index (χ4v) is 3.49. The topological polar surface area (TPSA) is 3.88 Å². The van der Waals surface area contributed by atoms with Crippen LogP contribution < -0.4 is 4.57 Å². The number of rotatable bonds is 4. The van der Waals surface area contributed by atoms with Crippen molar-refractivity contribution in [3.05, 3.63) is 96.5 Å². The van der Waals surface area contributed by atoms with Crippen LogP contribution in [0.3, 0.4) is 0 Å². The molecule has 1 radical (unpaired) electrons. The molecule has 0 saturated carbocycles. The van der Waals surface area contributed by atoms with E-state index in [4.69, 9.17) is 0 Å². The number of hydrogen-bond acceptors (Lipinski definition) is 0. The Bertz CT molecular complexity index is 1110. The van der Waals surface area contributed by atoms with E-state index in [1.807, 2.05) is 0 Å². The summed E-state index contributed by atoms with van der Waals surface area (Å²) in [7, 11) is 0. The van der Waals surface area contributed by atoms with Gasteiger partial charge in [-0.1, -0.05) is 60.2 Å². The minimum Gasteiger partial charge on any atom is -0.337 e. The number of aryl methyl sites for hydroxylation is 2. The van der Waals surface area contributed by atoms with E-state index in [9.17, 15) is 0 Å². The summed E-state index contributed by atoms with van der Waals surface area (Å²) in [5, 5.41) is 3.85. The summed E-state index contributed by atoms with van der Waals surface area (Å²) < 4.78 is 2.28. The third-order valence-electron chi connectivity index (χ3n) is 4.83. The van der Waals surface area contributed by atoms with E-state index in [0.29, 0.717) is 0 Å². The standard InChI is InChI=1S/C25H23N.Os/c1-3-15-26-16-14-21(24-6-4-5-7-25(24)26)12-9-20-10-13-22-17-19(2)8-11-23(22)18-20;/h4-14,16-18H,1,3,15H2,2H3;/q;+1/b12-9+;. The molecule has 3 aromatic carbocycles. The Hall–Kier alpha value is -2.29. The molecule has 0 saturated heterocycles. The summed E-state index contributed by atoms with van der Waals surface area (Å²) in [6.45, 7) is 7.05. The van der Waals surface area contributed by atoms with E-state index in [-0.39, 0.29) is 19.8 Å². The third kappa shape index (κ3) is 4.18. The molecule has 0 bridgehead atoms. The molecular weight excluding hydrogens is 505 g/mol. The predicted octanol–water partition coefficient (Wildman–Crippen LogP) is 5.98. The van der Waals surface area contributed by atoms with Gasteiger partial charge in [-0.05, 0) is 41.0 Å². The van der Waals surface area contributed by atoms with Crippen LogP contribution in [0.1, 0.15) is 23.1 Å². The summed E-state index contributed by atoms with van der Waals surface area (Å²) in [4.78, 5) is 0. The van der Waals surface area contributed by atoms with Crippen LogP contribution in [0.25, 0.3) is 33.8 Å². The minimum absolute atomic E-state index is 0. The molecule has 2 heteroatoms. The largest absolute Gasteiger partial charge is 1.00 e. The van der Waals surface area contributed by atoms with Crippen LogP contribution in [-0.2, 0) is 26.3 Å². The normalized spacial score (nSPS) is 11.2. The average molecular weight is 528 g/mol. The molecule has 0 spiro atoms. The van der Waals surface area contributed by atoms with Crippen molar-refractivity contribution in [3.8, 4) is 0 Å². The Balaban J connectivity index is 0.00000210. The molecule has 0 aliphatic rings. The van der Waals surface area contributed by atoms with Crippen molar-refractivity contribution in [1.82, 2.24) is 0 Å². The smallest absolute Gasteiger partial charge is 0.337 e. The zero-order valence-corrected chi connectivity index (χ0v) is 18.0. The van der Waals surface area contributed by atoms with Crippen molar-refractivity contribution in [2.75, 3.05) is 0 Å². The number of hydrogen-bond donors (Lipinski definition) is 0. The number of benzene rings is 3. The average Bonchev–Trinajstić information content (AvgIpc) is 2.67. The van der Waals surface area contributed by atoms with Gasteiger partial charge in [-0.25, -0.2) is 4.57 Å². The van der Waals surface area contributed by atoms with Crippen LogP contribution >= 0.6 is 0 Å². The summed E-state index contributed by atoms with van der Waals surface area (Å²) in [5.74, 6) is 0. The second-order valence-electron chi connectivity index (χ2n) is 6.78. The Morgan fingerprint density at radius 3 is 2.52 bits per heavy atom. The number of fused-ring (bicyclic) bond motifs is 2. The molecule has 0 atom stereocenters. The van der Waals surface area contributed by atoms with E-state index in [0.717, 1.165) is 13.0 Å². The van der Waals surface area contributed by atoms with Gasteiger partial charge in [0.05, 0.1) is 5.39 Å². The van der Waals surface area contributed by atoms with E-state index < -0.39 is 0 Å². The molecule has 0 fully saturated rings. The maximum Gasteiger partial charge on any atom is 1.00 e. The minimum atomic E-state index is 0. The van der Waals surface area contributed by atoms with Gasteiger partial charge in [-0.2, -0.15) is 0 Å². The number of para-hydroxylation sites is 1.